The Balaban J connectivity index is 1.97. The zero-order chi connectivity index (χ0) is 13.0. The van der Waals surface area contributed by atoms with Crippen LogP contribution in [0.25, 0.3) is 0 Å². The number of nitrogens with zero attached hydrogens (tertiary/aromatic N) is 1. The SMILES string of the molecule is CCCc1nc(CSc2ccc(N)cc2Cl)cs1. The topological polar surface area (TPSA) is 38.9 Å². The van der Waals surface area contributed by atoms with Crippen molar-refractivity contribution < 1.29 is 0 Å². The van der Waals surface area contributed by atoms with Crippen LogP contribution in [-0.4, -0.2) is 4.98 Å². The van der Waals surface area contributed by atoms with E-state index in [-0.39, 0.29) is 0 Å². The minimum absolute atomic E-state index is 0.697. The summed E-state index contributed by atoms with van der Waals surface area (Å²) in [6, 6.07) is 5.62. The molecule has 0 bridgehead atoms. The standard InChI is InChI=1S/C13H15ClN2S2/c1-2-3-13-16-10(8-18-13)7-17-12-5-4-9(15)6-11(12)14/h4-6,8H,2-3,7,15H2,1H3. The lowest BCUT2D eigenvalue weighted by Crippen LogP contribution is -1.87. The van der Waals surface area contributed by atoms with Gasteiger partial charge in [-0.2, -0.15) is 0 Å². The number of nitrogens with two attached hydrogens (primary N) is 1. The summed E-state index contributed by atoms with van der Waals surface area (Å²) in [4.78, 5) is 5.64. The van der Waals surface area contributed by atoms with Crippen molar-refractivity contribution in [1.29, 1.82) is 0 Å². The van der Waals surface area contributed by atoms with Gasteiger partial charge in [0.1, 0.15) is 0 Å². The van der Waals surface area contributed by atoms with Crippen molar-refractivity contribution in [1.82, 2.24) is 4.98 Å². The quantitative estimate of drug-likeness (QED) is 0.646. The van der Waals surface area contributed by atoms with Crippen molar-refractivity contribution in [3.05, 3.63) is 39.3 Å². The first-order valence-electron chi connectivity index (χ1n) is 5.80. The summed E-state index contributed by atoms with van der Waals surface area (Å²) >= 11 is 9.57. The maximum atomic E-state index is 6.13. The molecule has 96 valence electrons. The number of hydrogen-bond donors (Lipinski definition) is 1. The predicted molar refractivity (Wildman–Crippen MR) is 81.5 cm³/mol. The molecule has 0 spiro atoms. The number of aromatic nitrogens is 1. The maximum Gasteiger partial charge on any atom is 0.0928 e. The molecule has 0 fully saturated rings. The van der Waals surface area contributed by atoms with E-state index in [0.717, 1.165) is 29.2 Å². The highest BCUT2D eigenvalue weighted by molar-refractivity contribution is 7.98. The minimum atomic E-state index is 0.697. The summed E-state index contributed by atoms with van der Waals surface area (Å²) in [5.41, 5.74) is 7.49. The summed E-state index contributed by atoms with van der Waals surface area (Å²) in [6.07, 6.45) is 2.21. The molecule has 5 heteroatoms. The summed E-state index contributed by atoms with van der Waals surface area (Å²) in [6.45, 7) is 2.17. The minimum Gasteiger partial charge on any atom is -0.399 e. The fourth-order valence-corrected chi connectivity index (χ4v) is 3.70. The molecule has 0 unspecified atom stereocenters. The number of hydrogen-bond acceptors (Lipinski definition) is 4. The average molecular weight is 299 g/mol. The highest BCUT2D eigenvalue weighted by Gasteiger charge is 2.05. The lowest BCUT2D eigenvalue weighted by atomic mass is 10.3. The van der Waals surface area contributed by atoms with E-state index in [9.17, 15) is 0 Å². The summed E-state index contributed by atoms with van der Waals surface area (Å²) in [7, 11) is 0. The molecule has 0 radical (unpaired) electrons. The molecular formula is C13H15ClN2S2. The Bertz CT molecular complexity index is 525. The third kappa shape index (κ3) is 3.64. The Labute approximate surface area is 121 Å². The van der Waals surface area contributed by atoms with E-state index >= 15 is 0 Å². The molecule has 0 saturated carbocycles. The van der Waals surface area contributed by atoms with Crippen LogP contribution in [-0.2, 0) is 12.2 Å². The molecule has 0 atom stereocenters. The molecule has 0 aliphatic carbocycles. The second-order valence-corrected chi connectivity index (χ2v) is 6.33. The van der Waals surface area contributed by atoms with Crippen LogP contribution < -0.4 is 5.73 Å². The summed E-state index contributed by atoms with van der Waals surface area (Å²) < 4.78 is 0. The number of thiazole rings is 1. The van der Waals surface area contributed by atoms with E-state index in [1.807, 2.05) is 12.1 Å². The molecule has 1 heterocycles. The predicted octanol–water partition coefficient (Wildman–Crippen LogP) is 4.62. The smallest absolute Gasteiger partial charge is 0.0928 e. The monoisotopic (exact) mass is 298 g/mol. The van der Waals surface area contributed by atoms with Gasteiger partial charge in [0, 0.05) is 21.7 Å². The molecule has 2 rings (SSSR count). The summed E-state index contributed by atoms with van der Waals surface area (Å²) in [5.74, 6) is 0.851. The van der Waals surface area contributed by atoms with Crippen LogP contribution >= 0.6 is 34.7 Å². The van der Waals surface area contributed by atoms with Crippen LogP contribution in [0.1, 0.15) is 24.0 Å². The van der Waals surface area contributed by atoms with Gasteiger partial charge >= 0.3 is 0 Å². The van der Waals surface area contributed by atoms with E-state index in [4.69, 9.17) is 17.3 Å². The van der Waals surface area contributed by atoms with Crippen molar-refractivity contribution in [3.8, 4) is 0 Å². The highest BCUT2D eigenvalue weighted by atomic mass is 35.5. The van der Waals surface area contributed by atoms with Crippen LogP contribution in [0.2, 0.25) is 5.02 Å². The van der Waals surface area contributed by atoms with Crippen molar-refractivity contribution in [3.63, 3.8) is 0 Å². The van der Waals surface area contributed by atoms with Crippen LogP contribution in [0.15, 0.2) is 28.5 Å². The molecule has 2 aromatic rings. The fourth-order valence-electron chi connectivity index (χ4n) is 1.53. The molecule has 2 N–H and O–H groups in total. The van der Waals surface area contributed by atoms with E-state index in [0.29, 0.717) is 10.7 Å². The average Bonchev–Trinajstić information content (AvgIpc) is 2.76. The van der Waals surface area contributed by atoms with Gasteiger partial charge in [-0.05, 0) is 31.0 Å². The lowest BCUT2D eigenvalue weighted by Gasteiger charge is -2.03. The van der Waals surface area contributed by atoms with Crippen molar-refractivity contribution in [2.75, 3.05) is 5.73 Å². The molecular weight excluding hydrogens is 284 g/mol. The number of thioether (sulfide) groups is 1. The molecule has 0 aliphatic heterocycles. The van der Waals surface area contributed by atoms with E-state index in [1.54, 1.807) is 29.2 Å². The number of aryl methyl sites for hydroxylation is 1. The first kappa shape index (κ1) is 13.7. The van der Waals surface area contributed by atoms with Gasteiger partial charge in [-0.3, -0.25) is 0 Å². The largest absolute Gasteiger partial charge is 0.399 e. The third-order valence-corrected chi connectivity index (χ3v) is 4.88. The zero-order valence-electron chi connectivity index (χ0n) is 10.1. The zero-order valence-corrected chi connectivity index (χ0v) is 12.5. The number of rotatable bonds is 5. The Kier molecular flexibility index (Phi) is 4.92. The van der Waals surface area contributed by atoms with Crippen molar-refractivity contribution in [2.24, 2.45) is 0 Å². The second kappa shape index (κ2) is 6.45. The fraction of sp³-hybridized carbons (Fsp3) is 0.308. The number of benzene rings is 1. The van der Waals surface area contributed by atoms with Gasteiger partial charge in [0.25, 0.3) is 0 Å². The Morgan fingerprint density at radius 2 is 2.28 bits per heavy atom. The van der Waals surface area contributed by atoms with Crippen molar-refractivity contribution in [2.45, 2.75) is 30.4 Å². The molecule has 0 aliphatic rings. The van der Waals surface area contributed by atoms with Gasteiger partial charge in [-0.15, -0.1) is 23.1 Å². The Morgan fingerprint density at radius 1 is 1.44 bits per heavy atom. The number of nitrogen functional groups attached to an aromatic ring is 1. The molecule has 0 amide bonds. The van der Waals surface area contributed by atoms with Gasteiger partial charge in [-0.25, -0.2) is 4.98 Å². The van der Waals surface area contributed by atoms with Crippen LogP contribution in [0.3, 0.4) is 0 Å². The third-order valence-electron chi connectivity index (χ3n) is 2.39. The first-order valence-corrected chi connectivity index (χ1v) is 8.04. The van der Waals surface area contributed by atoms with Gasteiger partial charge in [0.15, 0.2) is 0 Å². The Hall–Kier alpha value is -0.710. The second-order valence-electron chi connectivity index (χ2n) is 3.96. The van der Waals surface area contributed by atoms with Gasteiger partial charge in [0.05, 0.1) is 15.7 Å². The highest BCUT2D eigenvalue weighted by Crippen LogP contribution is 2.31. The molecule has 1 aromatic heterocycles. The normalized spacial score (nSPS) is 10.8. The number of halogens is 1. The maximum absolute atomic E-state index is 6.13. The van der Waals surface area contributed by atoms with Gasteiger partial charge in [0.2, 0.25) is 0 Å². The lowest BCUT2D eigenvalue weighted by molar-refractivity contribution is 0.902. The Morgan fingerprint density at radius 3 is 3.00 bits per heavy atom. The van der Waals surface area contributed by atoms with E-state index in [1.165, 1.54) is 5.01 Å². The summed E-state index contributed by atoms with van der Waals surface area (Å²) in [5, 5.41) is 4.06. The number of anilines is 1. The molecule has 0 saturated heterocycles. The van der Waals surface area contributed by atoms with Gasteiger partial charge < -0.3 is 5.73 Å². The molecule has 18 heavy (non-hydrogen) atoms. The molecule has 2 nitrogen and oxygen atoms in total. The van der Waals surface area contributed by atoms with Crippen molar-refractivity contribution >= 4 is 40.4 Å². The van der Waals surface area contributed by atoms with E-state index < -0.39 is 0 Å². The van der Waals surface area contributed by atoms with Crippen LogP contribution in [0, 0.1) is 0 Å². The van der Waals surface area contributed by atoms with E-state index in [2.05, 4.69) is 17.3 Å². The van der Waals surface area contributed by atoms with Gasteiger partial charge in [-0.1, -0.05) is 18.5 Å². The first-order chi connectivity index (χ1) is 8.69. The van der Waals surface area contributed by atoms with Crippen LogP contribution in [0.5, 0.6) is 0 Å². The van der Waals surface area contributed by atoms with Crippen LogP contribution in [0.4, 0.5) is 5.69 Å². The molecule has 1 aromatic carbocycles.